The fraction of sp³-hybridized carbons (Fsp3) is 0.600. The Hall–Kier alpha value is -10.6. The van der Waals surface area contributed by atoms with Crippen LogP contribution in [0.1, 0.15) is 132 Å². The van der Waals surface area contributed by atoms with E-state index in [2.05, 4.69) is 86.7 Å². The quantitative estimate of drug-likeness (QED) is 0.0185. The highest BCUT2D eigenvalue weighted by atomic mass is 32.1. The van der Waals surface area contributed by atoms with Gasteiger partial charge in [-0.2, -0.15) is 12.6 Å². The van der Waals surface area contributed by atoms with E-state index in [4.69, 9.17) is 17.2 Å². The van der Waals surface area contributed by atoms with Gasteiger partial charge in [-0.25, -0.2) is 4.79 Å². The first-order chi connectivity index (χ1) is 54.6. The number of nitrogens with two attached hydrogens (primary N) is 3. The fourth-order valence-electron chi connectivity index (χ4n) is 12.5. The van der Waals surface area contributed by atoms with Crippen molar-refractivity contribution in [2.24, 2.45) is 35.0 Å². The third-order valence-electron chi connectivity index (χ3n) is 19.3. The number of para-hydroxylation sites is 1. The minimum Gasteiger partial charge on any atom is -0.508 e. The van der Waals surface area contributed by atoms with Crippen molar-refractivity contribution in [1.82, 2.24) is 79.0 Å². The molecule has 0 spiro atoms. The number of H-pyrrole nitrogens is 1. The summed E-state index contributed by atoms with van der Waals surface area (Å²) < 4.78 is 0. The van der Waals surface area contributed by atoms with Crippen molar-refractivity contribution < 1.29 is 107 Å². The van der Waals surface area contributed by atoms with Crippen molar-refractivity contribution in [1.29, 1.82) is 0 Å². The average Bonchev–Trinajstić information content (AvgIpc) is 1.61. The van der Waals surface area contributed by atoms with Crippen LogP contribution in [0.25, 0.3) is 10.9 Å². The molecule has 2 aromatic carbocycles. The summed E-state index contributed by atoms with van der Waals surface area (Å²) in [6.07, 6.45) is -3.42. The number of aliphatic hydroxyl groups excluding tert-OH is 4. The van der Waals surface area contributed by atoms with Gasteiger partial charge in [0.05, 0.1) is 37.9 Å². The van der Waals surface area contributed by atoms with Gasteiger partial charge in [0, 0.05) is 42.2 Å². The number of nitrogens with zero attached hydrogens (tertiary/aromatic N) is 1. The number of aromatic amines is 1. The number of rotatable bonds is 48. The smallest absolute Gasteiger partial charge is 0.326 e. The Labute approximate surface area is 676 Å². The predicted molar refractivity (Wildman–Crippen MR) is 422 cm³/mol. The molecule has 1 aromatic heterocycles. The number of aliphatic hydroxyl groups is 4. The molecule has 41 heteroatoms. The summed E-state index contributed by atoms with van der Waals surface area (Å²) in [5, 5.41) is 94.6. The van der Waals surface area contributed by atoms with Gasteiger partial charge in [0.1, 0.15) is 90.3 Å². The van der Waals surface area contributed by atoms with E-state index in [-0.39, 0.29) is 56.7 Å². The molecular weight excluding hydrogens is 1540 g/mol. The van der Waals surface area contributed by atoms with E-state index >= 15 is 0 Å². The van der Waals surface area contributed by atoms with Gasteiger partial charge in [-0.15, -0.1) is 0 Å². The number of carbonyl (C=O) groups excluding carboxylic acids is 15. The standard InChI is InChI=1S/C75H116N18O22S/c1-11-37(6)58(89-66(105)48(27-35(2)3)82-63(102)47(19-14-15-25-76)81-56(100)31-77)70(109)87-53(34-116)68(107)90-59(39(8)95)72(111)92-61(41(10)97)73(112)91-60(40(9)96)71(110)88-57(36(4)5)74(113)93-26-16-20-54(93)69(108)84-49(29-43-32-79-46-18-13-12-17-45(43)46)65(104)83-50(30-55(78)99)64(103)80-38(7)62(101)86-52(33-94)67(106)85-51(75(114)115)28-42-21-23-44(98)24-22-42/h12-13,17-18,21-24,32,35-41,47-54,57-61,79,94-98,116H,11,14-16,19-20,25-31,33-34,76-77H2,1-10H3,(H2,78,99)(H,80,103)(H,81,100)(H,82,102)(H,83,104)(H,84,108)(H,85,106)(H,86,101)(H,87,109)(H,88,110)(H,89,105)(H,90,107)(H,91,112)(H,92,111)(H,114,115)/t37-,38-,39+,40+,41+,47-,48-,49-,50-,51-,52-,53-,54-,57-,58-,59-,60-,61-/m0/s1. The summed E-state index contributed by atoms with van der Waals surface area (Å²) in [6, 6.07) is -9.99. The highest BCUT2D eigenvalue weighted by Crippen LogP contribution is 2.24. The molecule has 0 saturated carbocycles. The number of benzene rings is 2. The van der Waals surface area contributed by atoms with Crippen molar-refractivity contribution in [3.8, 4) is 5.75 Å². The summed E-state index contributed by atoms with van der Waals surface area (Å²) in [5.74, 6) is -18.7. The molecule has 2 heterocycles. The van der Waals surface area contributed by atoms with Gasteiger partial charge < -0.3 is 127 Å². The first kappa shape index (κ1) is 97.8. The van der Waals surface area contributed by atoms with E-state index in [0.717, 1.165) is 32.6 Å². The number of aromatic hydroxyl groups is 1. The second-order valence-electron chi connectivity index (χ2n) is 29.6. The molecule has 0 aliphatic carbocycles. The Morgan fingerprint density at radius 3 is 1.56 bits per heavy atom. The molecule has 4 rings (SSSR count). The Morgan fingerprint density at radius 1 is 0.543 bits per heavy atom. The molecule has 1 aliphatic heterocycles. The maximum atomic E-state index is 14.8. The number of carboxylic acids is 1. The summed E-state index contributed by atoms with van der Waals surface area (Å²) in [4.78, 5) is 224. The Morgan fingerprint density at radius 2 is 1.03 bits per heavy atom. The lowest BCUT2D eigenvalue weighted by Crippen LogP contribution is -2.65. The van der Waals surface area contributed by atoms with Crippen LogP contribution in [-0.2, 0) is 89.6 Å². The molecule has 116 heavy (non-hydrogen) atoms. The van der Waals surface area contributed by atoms with Gasteiger partial charge in [-0.05, 0) is 120 Å². The first-order valence-electron chi connectivity index (χ1n) is 38.4. The molecule has 15 amide bonds. The molecule has 26 N–H and O–H groups in total. The number of phenols is 1. The van der Waals surface area contributed by atoms with Gasteiger partial charge in [0.2, 0.25) is 88.6 Å². The number of aliphatic carboxylic acids is 1. The summed E-state index contributed by atoms with van der Waals surface area (Å²) in [7, 11) is 0. The van der Waals surface area contributed by atoms with Crippen LogP contribution in [0.4, 0.5) is 0 Å². The van der Waals surface area contributed by atoms with E-state index in [1.807, 2.05) is 0 Å². The molecule has 0 radical (unpaired) electrons. The molecule has 1 aliphatic rings. The van der Waals surface area contributed by atoms with E-state index in [1.165, 1.54) is 38.1 Å². The number of amides is 15. The molecular formula is C75H116N18O22S. The number of carbonyl (C=O) groups is 16. The Balaban J connectivity index is 1.50. The van der Waals surface area contributed by atoms with Crippen LogP contribution in [-0.4, -0.2) is 270 Å². The number of hydrogen-bond acceptors (Lipinski definition) is 24. The van der Waals surface area contributed by atoms with Crippen LogP contribution in [0.3, 0.4) is 0 Å². The topological polar surface area (TPSA) is 648 Å². The largest absolute Gasteiger partial charge is 0.508 e. The van der Waals surface area contributed by atoms with Crippen molar-refractivity contribution in [3.05, 3.63) is 65.9 Å². The molecule has 0 unspecified atom stereocenters. The lowest BCUT2D eigenvalue weighted by Gasteiger charge is -2.33. The van der Waals surface area contributed by atoms with Crippen LogP contribution in [0.5, 0.6) is 5.75 Å². The molecule has 3 aromatic rings. The van der Waals surface area contributed by atoms with Crippen molar-refractivity contribution >= 4 is 118 Å². The monoisotopic (exact) mass is 1650 g/mol. The zero-order valence-corrected chi connectivity index (χ0v) is 67.6. The highest BCUT2D eigenvalue weighted by molar-refractivity contribution is 7.80. The second-order valence-corrected chi connectivity index (χ2v) is 30.0. The molecule has 1 saturated heterocycles. The third-order valence-corrected chi connectivity index (χ3v) is 19.7. The average molecular weight is 1650 g/mol. The van der Waals surface area contributed by atoms with E-state index < -0.39 is 235 Å². The maximum absolute atomic E-state index is 14.8. The fourth-order valence-corrected chi connectivity index (χ4v) is 12.7. The van der Waals surface area contributed by atoms with Gasteiger partial charge >= 0.3 is 5.97 Å². The number of carboxylic acid groups (broad SMARTS) is 1. The highest BCUT2D eigenvalue weighted by Gasteiger charge is 2.44. The normalized spacial score (nSPS) is 17.1. The number of phenolic OH excluding ortho intramolecular Hbond substituents is 1. The molecule has 1 fully saturated rings. The molecule has 18 atom stereocenters. The number of likely N-dealkylation sites (tertiary alicyclic amines) is 1. The van der Waals surface area contributed by atoms with Gasteiger partial charge in [0.15, 0.2) is 0 Å². The van der Waals surface area contributed by atoms with Crippen LogP contribution in [0, 0.1) is 17.8 Å². The number of unbranched alkanes of at least 4 members (excludes halogenated alkanes) is 1. The number of fused-ring (bicyclic) bond motifs is 1. The van der Waals surface area contributed by atoms with Crippen molar-refractivity contribution in [3.63, 3.8) is 0 Å². The number of hydrogen-bond donors (Lipinski definition) is 24. The van der Waals surface area contributed by atoms with Crippen LogP contribution >= 0.6 is 12.6 Å². The zero-order valence-electron chi connectivity index (χ0n) is 66.7. The van der Waals surface area contributed by atoms with Crippen LogP contribution in [0.2, 0.25) is 0 Å². The third kappa shape index (κ3) is 29.9. The Bertz CT molecular complexity index is 3900. The number of aromatic nitrogens is 1. The van der Waals surface area contributed by atoms with E-state index in [1.54, 1.807) is 58.2 Å². The molecule has 40 nitrogen and oxygen atoms in total. The number of primary amides is 1. The zero-order chi connectivity index (χ0) is 87.1. The molecule has 644 valence electrons. The first-order valence-corrected chi connectivity index (χ1v) is 39.0. The lowest BCUT2D eigenvalue weighted by molar-refractivity contribution is -0.144. The van der Waals surface area contributed by atoms with Crippen molar-refractivity contribution in [2.45, 2.75) is 236 Å². The summed E-state index contributed by atoms with van der Waals surface area (Å²) in [6.45, 7) is 13.2. The summed E-state index contributed by atoms with van der Waals surface area (Å²) >= 11 is 4.24. The lowest BCUT2D eigenvalue weighted by atomic mass is 9.96. The predicted octanol–water partition coefficient (Wildman–Crippen LogP) is -6.17. The number of nitrogens with one attached hydrogen (secondary N) is 14. The van der Waals surface area contributed by atoms with Crippen LogP contribution in [0.15, 0.2) is 54.7 Å². The maximum Gasteiger partial charge on any atom is 0.326 e. The second kappa shape index (κ2) is 47.4. The minimum atomic E-state index is -2.00. The summed E-state index contributed by atoms with van der Waals surface area (Å²) in [5.41, 5.74) is 18.2. The SMILES string of the molecule is CC[C@H](C)[C@H](NC(=O)[C@H](CC(C)C)NC(=O)[C@H](CCCCN)NC(=O)CN)C(=O)N[C@@H](CS)C(=O)N[C@H](C(=O)N[C@H](C(=O)N[C@H](C(=O)N[C@H](C(=O)N1CCC[C@H]1C(=O)N[C@@H](Cc1c[nH]c2ccccc12)C(=O)N[C@@H](CC(N)=O)C(=O)N[C@@H](C)C(=O)N[C@@H](CO)C(=O)N[C@@H](Cc1ccc(O)cc1)C(=O)O)C(C)C)[C@@H](C)O)[C@@H](C)O)[C@@H](C)O. The minimum absolute atomic E-state index is 0.00287. The Kier molecular flexibility index (Phi) is 40.0. The van der Waals surface area contributed by atoms with E-state index in [9.17, 15) is 107 Å². The van der Waals surface area contributed by atoms with E-state index in [0.29, 0.717) is 47.8 Å². The van der Waals surface area contributed by atoms with Crippen LogP contribution < -0.4 is 86.3 Å². The molecule has 0 bridgehead atoms. The van der Waals surface area contributed by atoms with Gasteiger partial charge in [-0.1, -0.05) is 78.3 Å². The van der Waals surface area contributed by atoms with Gasteiger partial charge in [0.25, 0.3) is 0 Å². The van der Waals surface area contributed by atoms with Gasteiger partial charge in [-0.3, -0.25) is 71.9 Å². The number of thiol groups is 1. The van der Waals surface area contributed by atoms with Crippen molar-refractivity contribution in [2.75, 3.05) is 32.0 Å².